The number of anilines is 1. The Hall–Kier alpha value is -3.74. The van der Waals surface area contributed by atoms with Gasteiger partial charge in [0, 0.05) is 31.5 Å². The Kier molecular flexibility index (Phi) is 9.11. The molecular weight excluding hydrogens is 610 g/mol. The number of hydrogen-bond acceptors (Lipinski definition) is 10. The summed E-state index contributed by atoms with van der Waals surface area (Å²) >= 11 is 1.28. The third kappa shape index (κ3) is 6.05. The Balaban J connectivity index is 1.57. The highest BCUT2D eigenvalue weighted by molar-refractivity contribution is 7.20. The molecule has 248 valence electrons. The highest BCUT2D eigenvalue weighted by Crippen LogP contribution is 2.52. The maximum Gasteiger partial charge on any atom is 0.329 e. The largest absolute Gasteiger partial charge is 0.496 e. The van der Waals surface area contributed by atoms with Crippen LogP contribution < -0.4 is 9.64 Å². The molecule has 1 N–H and O–H groups in total. The van der Waals surface area contributed by atoms with Crippen molar-refractivity contribution in [2.45, 2.75) is 89.8 Å². The molecule has 4 unspecified atom stereocenters. The number of fused-ring (bicyclic) bond motifs is 3. The number of aromatic nitrogens is 1. The highest BCUT2D eigenvalue weighted by atomic mass is 32.1. The molecule has 3 aliphatic rings. The van der Waals surface area contributed by atoms with Crippen molar-refractivity contribution in [2.24, 2.45) is 5.92 Å². The maximum absolute atomic E-state index is 14.1. The summed E-state index contributed by atoms with van der Waals surface area (Å²) in [6.07, 6.45) is 5.39. The van der Waals surface area contributed by atoms with Gasteiger partial charge < -0.3 is 28.6 Å². The van der Waals surface area contributed by atoms with E-state index in [1.54, 1.807) is 14.0 Å². The number of carboxylic acid groups (broad SMARTS) is 1. The van der Waals surface area contributed by atoms with Crippen molar-refractivity contribution in [3.63, 3.8) is 0 Å². The number of carbonyl (C=O) groups is 3. The lowest BCUT2D eigenvalue weighted by Crippen LogP contribution is -2.60. The number of imide groups is 1. The third-order valence-electron chi connectivity index (χ3n) is 9.50. The molecule has 1 saturated carbocycles. The van der Waals surface area contributed by atoms with Crippen molar-refractivity contribution in [2.75, 3.05) is 25.6 Å². The number of oxazole rings is 1. The van der Waals surface area contributed by atoms with Gasteiger partial charge in [-0.2, -0.15) is 0 Å². The van der Waals surface area contributed by atoms with Crippen molar-refractivity contribution in [3.05, 3.63) is 53.4 Å². The van der Waals surface area contributed by atoms with Gasteiger partial charge in [-0.25, -0.2) is 9.78 Å². The van der Waals surface area contributed by atoms with E-state index in [1.165, 1.54) is 37.6 Å². The summed E-state index contributed by atoms with van der Waals surface area (Å²) in [5.41, 5.74) is -0.848. The average Bonchev–Trinajstić information content (AvgIpc) is 3.64. The minimum atomic E-state index is -1.79. The number of thiophene rings is 1. The summed E-state index contributed by atoms with van der Waals surface area (Å²) in [4.78, 5) is 46.0. The number of likely N-dealkylation sites (N-methyl/N-ethyl adjacent to an activating group) is 1. The first-order valence-electron chi connectivity index (χ1n) is 15.4. The molecule has 4 atom stereocenters. The number of benzene rings is 1. The predicted octanol–water partition coefficient (Wildman–Crippen LogP) is 6.11. The minimum Gasteiger partial charge on any atom is -0.496 e. The Morgan fingerprint density at radius 1 is 1.26 bits per heavy atom. The molecule has 1 aromatic carbocycles. The van der Waals surface area contributed by atoms with E-state index >= 15 is 0 Å². The van der Waals surface area contributed by atoms with Crippen LogP contribution in [0.4, 0.5) is 5.00 Å². The molecule has 1 aliphatic carbocycles. The second kappa shape index (κ2) is 12.5. The zero-order chi connectivity index (χ0) is 33.6. The van der Waals surface area contributed by atoms with Crippen molar-refractivity contribution in [1.29, 1.82) is 0 Å². The zero-order valence-electron chi connectivity index (χ0n) is 27.7. The summed E-state index contributed by atoms with van der Waals surface area (Å²) < 4.78 is 24.9. The fourth-order valence-corrected chi connectivity index (χ4v) is 8.17. The summed E-state index contributed by atoms with van der Waals surface area (Å²) in [6.45, 7) is 11.1. The number of aliphatic carboxylic acids is 1. The highest BCUT2D eigenvalue weighted by Gasteiger charge is 2.54. The first-order valence-corrected chi connectivity index (χ1v) is 16.2. The van der Waals surface area contributed by atoms with Crippen LogP contribution in [0.15, 0.2) is 41.1 Å². The molecule has 2 amide bonds. The molecule has 2 aromatic heterocycles. The van der Waals surface area contributed by atoms with E-state index in [2.05, 4.69) is 25.8 Å². The van der Waals surface area contributed by atoms with Crippen LogP contribution in [0.5, 0.6) is 5.75 Å². The van der Waals surface area contributed by atoms with Crippen molar-refractivity contribution in [1.82, 2.24) is 9.88 Å². The lowest BCUT2D eigenvalue weighted by Gasteiger charge is -2.57. The quantitative estimate of drug-likeness (QED) is 0.228. The van der Waals surface area contributed by atoms with Crippen LogP contribution in [0.1, 0.15) is 81.5 Å². The first-order chi connectivity index (χ1) is 21.6. The number of rotatable bonds is 12. The maximum atomic E-state index is 14.1. The lowest BCUT2D eigenvalue weighted by atomic mass is 9.67. The fraction of sp³-hybridized carbons (Fsp3) is 0.529. The van der Waals surface area contributed by atoms with Gasteiger partial charge in [0.2, 0.25) is 12.3 Å². The normalized spacial score (nSPS) is 22.7. The van der Waals surface area contributed by atoms with Crippen molar-refractivity contribution >= 4 is 34.6 Å². The van der Waals surface area contributed by atoms with Gasteiger partial charge in [0.05, 0.1) is 41.1 Å². The summed E-state index contributed by atoms with van der Waals surface area (Å²) in [5.74, 6) is -0.859. The van der Waals surface area contributed by atoms with E-state index in [9.17, 15) is 19.5 Å². The number of methoxy groups -OCH3 is 1. The van der Waals surface area contributed by atoms with E-state index in [-0.39, 0.29) is 35.2 Å². The van der Waals surface area contributed by atoms with Gasteiger partial charge in [-0.05, 0) is 66.0 Å². The monoisotopic (exact) mass is 653 g/mol. The minimum absolute atomic E-state index is 0.0817. The summed E-state index contributed by atoms with van der Waals surface area (Å²) in [5, 5.41) is 10.4. The fourth-order valence-electron chi connectivity index (χ4n) is 6.96. The molecule has 6 rings (SSSR count). The molecule has 12 heteroatoms. The molecule has 11 nitrogen and oxygen atoms in total. The van der Waals surface area contributed by atoms with Gasteiger partial charge in [0.15, 0.2) is 0 Å². The molecule has 4 heterocycles. The number of ether oxygens (including phenoxy) is 3. The topological polar surface area (TPSA) is 132 Å². The number of nitrogens with zero attached hydrogens (tertiary/aromatic N) is 3. The smallest absolute Gasteiger partial charge is 0.329 e. The molecule has 2 aliphatic heterocycles. The molecule has 3 aromatic rings. The number of carboxylic acids is 1. The SMILES string of the molecule is COc1ccccc1C(CN(C)c1sc(-c2ncco2)c(C)c1C(=O)N(C=O)C(C)(C)C(=O)O)OC1CC2(C)CCC1C(C)(C)O2. The molecule has 0 spiro atoms. The summed E-state index contributed by atoms with van der Waals surface area (Å²) in [6, 6.07) is 7.73. The van der Waals surface area contributed by atoms with E-state index in [4.69, 9.17) is 18.6 Å². The van der Waals surface area contributed by atoms with Gasteiger partial charge in [0.1, 0.15) is 28.7 Å². The lowest BCUT2D eigenvalue weighted by molar-refractivity contribution is -0.277. The van der Waals surface area contributed by atoms with Crippen molar-refractivity contribution in [3.8, 4) is 16.5 Å². The zero-order valence-corrected chi connectivity index (χ0v) is 28.5. The summed E-state index contributed by atoms with van der Waals surface area (Å²) in [7, 11) is 3.47. The number of hydrogen-bond donors (Lipinski definition) is 1. The first kappa shape index (κ1) is 33.6. The van der Waals surface area contributed by atoms with E-state index in [0.717, 1.165) is 29.7 Å². The van der Waals surface area contributed by atoms with Crippen LogP contribution in [0.25, 0.3) is 10.8 Å². The number of carbonyl (C=O) groups excluding carboxylic acids is 2. The molecule has 2 bridgehead atoms. The molecule has 2 saturated heterocycles. The third-order valence-corrected chi connectivity index (χ3v) is 10.9. The van der Waals surface area contributed by atoms with Crippen LogP contribution in [0, 0.1) is 12.8 Å². The molecule has 3 fully saturated rings. The second-order valence-electron chi connectivity index (χ2n) is 13.5. The van der Waals surface area contributed by atoms with Crippen LogP contribution in [0.2, 0.25) is 0 Å². The van der Waals surface area contributed by atoms with Gasteiger partial charge in [-0.15, -0.1) is 11.3 Å². The standard InChI is InChI=1S/C34H43N3O8S/c1-20-26(29(39)37(19-38)32(2,3)31(40)41)30(46-27(20)28-35-15-16-43-28)36(7)18-25(21-11-9-10-12-23(21)42-8)44-24-17-34(6)14-13-22(24)33(4,5)45-34/h9-12,15-16,19,22,24-25H,13-14,17-18H2,1-8H3,(H,40,41). The predicted molar refractivity (Wildman–Crippen MR) is 173 cm³/mol. The van der Waals surface area contributed by atoms with Gasteiger partial charge >= 0.3 is 5.97 Å². The van der Waals surface area contributed by atoms with Crippen LogP contribution >= 0.6 is 11.3 Å². The Morgan fingerprint density at radius 3 is 2.57 bits per heavy atom. The second-order valence-corrected chi connectivity index (χ2v) is 14.5. The van der Waals surface area contributed by atoms with E-state index in [1.807, 2.05) is 36.2 Å². The van der Waals surface area contributed by atoms with E-state index in [0.29, 0.717) is 33.6 Å². The van der Waals surface area contributed by atoms with Crippen molar-refractivity contribution < 1.29 is 38.1 Å². The average molecular weight is 654 g/mol. The van der Waals surface area contributed by atoms with Gasteiger partial charge in [-0.1, -0.05) is 18.2 Å². The Morgan fingerprint density at radius 2 is 1.98 bits per heavy atom. The Labute approximate surface area is 273 Å². The molecule has 46 heavy (non-hydrogen) atoms. The van der Waals surface area contributed by atoms with Gasteiger partial charge in [-0.3, -0.25) is 14.5 Å². The van der Waals surface area contributed by atoms with E-state index < -0.39 is 23.5 Å². The molecular formula is C34H43N3O8S. The Bertz CT molecular complexity index is 1600. The van der Waals surface area contributed by atoms with Crippen LogP contribution in [-0.2, 0) is 19.1 Å². The number of amides is 2. The van der Waals surface area contributed by atoms with Crippen LogP contribution in [-0.4, -0.2) is 76.8 Å². The molecule has 0 radical (unpaired) electrons. The number of para-hydroxylation sites is 1. The van der Waals surface area contributed by atoms with Crippen LogP contribution in [0.3, 0.4) is 0 Å². The van der Waals surface area contributed by atoms with Gasteiger partial charge in [0.25, 0.3) is 5.91 Å².